The van der Waals surface area contributed by atoms with Gasteiger partial charge in [0, 0.05) is 17.3 Å². The lowest BCUT2D eigenvalue weighted by Gasteiger charge is -2.60. The summed E-state index contributed by atoms with van der Waals surface area (Å²) in [4.78, 5) is 35.0. The first-order chi connectivity index (χ1) is 17.4. The van der Waals surface area contributed by atoms with E-state index in [1.54, 1.807) is 25.1 Å². The van der Waals surface area contributed by atoms with Gasteiger partial charge in [0.05, 0.1) is 13.4 Å². The SMILES string of the molecule is COC(=O)c1ccco1.C[C@@H]1CC2C3C[C@H](F)C4=CC(=O)C=CC4(C)[C@@]3(F)CCC2(C)C1C(=O)SCF. The molecule has 0 amide bonds. The van der Waals surface area contributed by atoms with E-state index in [0.717, 1.165) is 0 Å². The Bertz CT molecular complexity index is 1120. The van der Waals surface area contributed by atoms with Crippen molar-refractivity contribution in [2.45, 2.75) is 58.3 Å². The molecule has 5 nitrogen and oxygen atoms in total. The van der Waals surface area contributed by atoms with Gasteiger partial charge in [-0.15, -0.1) is 0 Å². The molecular weight excluding hydrogens is 505 g/mol. The number of carbonyl (C=O) groups is 3. The van der Waals surface area contributed by atoms with Gasteiger partial charge in [-0.25, -0.2) is 18.0 Å². The van der Waals surface area contributed by atoms with Crippen molar-refractivity contribution in [1.29, 1.82) is 0 Å². The Morgan fingerprint density at radius 2 is 1.95 bits per heavy atom. The third-order valence-corrected chi connectivity index (χ3v) is 10.00. The van der Waals surface area contributed by atoms with Crippen molar-refractivity contribution in [1.82, 2.24) is 0 Å². The number of allylic oxidation sites excluding steroid dienone is 4. The fraction of sp³-hybridized carbons (Fsp3) is 0.607. The number of esters is 1. The number of carbonyl (C=O) groups excluding carboxylic acids is 3. The van der Waals surface area contributed by atoms with Crippen molar-refractivity contribution in [2.75, 3.05) is 13.1 Å². The summed E-state index contributed by atoms with van der Waals surface area (Å²) in [6.07, 6.45) is 5.69. The summed E-state index contributed by atoms with van der Waals surface area (Å²) in [7, 11) is 1.31. The number of hydrogen-bond acceptors (Lipinski definition) is 6. The van der Waals surface area contributed by atoms with Gasteiger partial charge in [-0.1, -0.05) is 31.7 Å². The quantitative estimate of drug-likeness (QED) is 0.412. The second-order valence-electron chi connectivity index (χ2n) is 11.1. The van der Waals surface area contributed by atoms with Crippen LogP contribution in [0.1, 0.15) is 57.0 Å². The summed E-state index contributed by atoms with van der Waals surface area (Å²) in [5.41, 5.74) is -2.96. The molecule has 0 aromatic carbocycles. The van der Waals surface area contributed by atoms with Crippen LogP contribution in [0.15, 0.2) is 46.6 Å². The molecule has 0 saturated heterocycles. The molecule has 1 aromatic rings. The third kappa shape index (κ3) is 4.41. The minimum atomic E-state index is -1.65. The number of furan rings is 1. The smallest absolute Gasteiger partial charge is 0.373 e. The number of hydrogen-bond donors (Lipinski definition) is 0. The van der Waals surface area contributed by atoms with Gasteiger partial charge in [0.1, 0.15) is 17.8 Å². The van der Waals surface area contributed by atoms with Crippen LogP contribution in [0.4, 0.5) is 13.2 Å². The van der Waals surface area contributed by atoms with Crippen molar-refractivity contribution < 1.29 is 36.7 Å². The van der Waals surface area contributed by atoms with E-state index in [-0.39, 0.29) is 52.8 Å². The van der Waals surface area contributed by atoms with E-state index in [1.807, 2.05) is 13.8 Å². The Balaban J connectivity index is 0.000000301. The molecule has 3 fully saturated rings. The molecule has 0 spiro atoms. The average molecular weight is 539 g/mol. The van der Waals surface area contributed by atoms with E-state index >= 15 is 8.78 Å². The second-order valence-corrected chi connectivity index (χ2v) is 12.0. The molecule has 4 aliphatic carbocycles. The van der Waals surface area contributed by atoms with Crippen molar-refractivity contribution in [3.63, 3.8) is 0 Å². The highest BCUT2D eigenvalue weighted by molar-refractivity contribution is 8.13. The lowest BCUT2D eigenvalue weighted by molar-refractivity contribution is -0.143. The van der Waals surface area contributed by atoms with E-state index in [4.69, 9.17) is 4.42 Å². The zero-order valence-corrected chi connectivity index (χ0v) is 22.3. The van der Waals surface area contributed by atoms with Crippen LogP contribution < -0.4 is 0 Å². The summed E-state index contributed by atoms with van der Waals surface area (Å²) in [5.74, 6) is -1.45. The predicted molar refractivity (Wildman–Crippen MR) is 134 cm³/mol. The fourth-order valence-corrected chi connectivity index (χ4v) is 8.37. The van der Waals surface area contributed by atoms with Crippen molar-refractivity contribution in [3.8, 4) is 0 Å². The van der Waals surface area contributed by atoms with E-state index < -0.39 is 40.6 Å². The summed E-state index contributed by atoms with van der Waals surface area (Å²) in [5, 5.41) is -0.158. The summed E-state index contributed by atoms with van der Waals surface area (Å²) < 4.78 is 53.8. The number of ketones is 1. The van der Waals surface area contributed by atoms with Crippen LogP contribution in [0.25, 0.3) is 0 Å². The van der Waals surface area contributed by atoms with Gasteiger partial charge in [-0.2, -0.15) is 0 Å². The molecule has 202 valence electrons. The van der Waals surface area contributed by atoms with Crippen LogP contribution in [0, 0.1) is 34.5 Å². The maximum absolute atomic E-state index is 16.7. The first-order valence-electron chi connectivity index (χ1n) is 12.6. The van der Waals surface area contributed by atoms with Gasteiger partial charge in [-0.05, 0) is 79.7 Å². The fourth-order valence-electron chi connectivity index (χ4n) is 7.58. The van der Waals surface area contributed by atoms with Gasteiger partial charge < -0.3 is 9.15 Å². The molecule has 5 unspecified atom stereocenters. The summed E-state index contributed by atoms with van der Waals surface area (Å²) >= 11 is 0.702. The minimum absolute atomic E-state index is 0.0233. The monoisotopic (exact) mass is 538 g/mol. The van der Waals surface area contributed by atoms with E-state index in [0.29, 0.717) is 24.6 Å². The Morgan fingerprint density at radius 1 is 1.22 bits per heavy atom. The van der Waals surface area contributed by atoms with Crippen LogP contribution in [-0.4, -0.2) is 41.8 Å². The van der Waals surface area contributed by atoms with E-state index in [9.17, 15) is 18.8 Å². The third-order valence-electron chi connectivity index (χ3n) is 9.35. The molecule has 0 aliphatic heterocycles. The van der Waals surface area contributed by atoms with Crippen LogP contribution in [0.5, 0.6) is 0 Å². The van der Waals surface area contributed by atoms with Gasteiger partial charge >= 0.3 is 5.97 Å². The number of alkyl halides is 3. The predicted octanol–water partition coefficient (Wildman–Crippen LogP) is 6.45. The maximum atomic E-state index is 16.7. The number of rotatable bonds is 3. The molecular formula is C28H33F3O5S. The lowest BCUT2D eigenvalue weighted by Crippen LogP contribution is -2.62. The largest absolute Gasteiger partial charge is 0.463 e. The Hall–Kier alpha value is -2.29. The molecule has 5 rings (SSSR count). The normalized spacial score (nSPS) is 39.9. The van der Waals surface area contributed by atoms with E-state index in [1.165, 1.54) is 25.5 Å². The van der Waals surface area contributed by atoms with Crippen LogP contribution >= 0.6 is 11.8 Å². The maximum Gasteiger partial charge on any atom is 0.373 e. The number of fused-ring (bicyclic) bond motifs is 5. The molecule has 9 heteroatoms. The molecule has 8 atom stereocenters. The molecule has 3 saturated carbocycles. The molecule has 1 aromatic heterocycles. The number of ether oxygens (including phenoxy) is 1. The Kier molecular flexibility index (Phi) is 7.58. The summed E-state index contributed by atoms with van der Waals surface area (Å²) in [6, 6.07) is 2.43. The molecule has 0 bridgehead atoms. The van der Waals surface area contributed by atoms with Gasteiger partial charge in [0.15, 0.2) is 10.9 Å². The molecule has 0 radical (unpaired) electrons. The van der Waals surface area contributed by atoms with Crippen LogP contribution in [0.2, 0.25) is 0 Å². The van der Waals surface area contributed by atoms with Crippen LogP contribution in [-0.2, 0) is 14.3 Å². The number of thioether (sulfide) groups is 1. The van der Waals surface area contributed by atoms with Crippen molar-refractivity contribution in [3.05, 3.63) is 48.0 Å². The first kappa shape index (κ1) is 27.7. The van der Waals surface area contributed by atoms with Gasteiger partial charge in [-0.3, -0.25) is 9.59 Å². The van der Waals surface area contributed by atoms with Crippen molar-refractivity contribution >= 4 is 28.6 Å². The molecule has 4 aliphatic rings. The highest BCUT2D eigenvalue weighted by atomic mass is 32.2. The molecule has 1 heterocycles. The van der Waals surface area contributed by atoms with E-state index in [2.05, 4.69) is 4.74 Å². The highest BCUT2D eigenvalue weighted by Crippen LogP contribution is 2.70. The highest BCUT2D eigenvalue weighted by Gasteiger charge is 2.69. The zero-order chi connectivity index (χ0) is 27.2. The summed E-state index contributed by atoms with van der Waals surface area (Å²) in [6.45, 7) is 5.71. The standard InChI is InChI=1S/C22H27F3O2S.C6H6O3/c1-12-8-14-15-10-17(24)16-9-13(26)4-5-21(16,3)22(15,25)7-6-20(14,2)18(12)19(27)28-11-23;1-8-6(7)5-3-2-4-9-5/h4-5,9,12,14-15,17-18H,6-8,10-11H2,1-3H3;2-4H,1H3/t12-,14?,15?,17+,18?,20?,21?,22-;/m1./s1. The van der Waals surface area contributed by atoms with Gasteiger partial charge in [0.25, 0.3) is 0 Å². The molecule has 37 heavy (non-hydrogen) atoms. The first-order valence-corrected chi connectivity index (χ1v) is 13.5. The Morgan fingerprint density at radius 3 is 2.57 bits per heavy atom. The number of halogens is 3. The van der Waals surface area contributed by atoms with Crippen LogP contribution in [0.3, 0.4) is 0 Å². The van der Waals surface area contributed by atoms with Crippen molar-refractivity contribution in [2.24, 2.45) is 34.5 Å². The molecule has 0 N–H and O–H groups in total. The average Bonchev–Trinajstić information content (AvgIpc) is 3.48. The minimum Gasteiger partial charge on any atom is -0.463 e. The topological polar surface area (TPSA) is 73.6 Å². The number of methoxy groups -OCH3 is 1. The second kappa shape index (κ2) is 10.1. The zero-order valence-electron chi connectivity index (χ0n) is 21.5. The Labute approximate surface area is 219 Å². The lowest BCUT2D eigenvalue weighted by atomic mass is 9.46. The van der Waals surface area contributed by atoms with Gasteiger partial charge in [0.2, 0.25) is 5.76 Å².